The summed E-state index contributed by atoms with van der Waals surface area (Å²) in [6.07, 6.45) is 3.88. The molecule has 0 radical (unpaired) electrons. The average molecular weight is 283 g/mol. The summed E-state index contributed by atoms with van der Waals surface area (Å²) in [5, 5.41) is 0. The van der Waals surface area contributed by atoms with Gasteiger partial charge in [-0.3, -0.25) is 0 Å². The lowest BCUT2D eigenvalue weighted by atomic mass is 9.93. The van der Waals surface area contributed by atoms with Crippen LogP contribution < -0.4 is 4.74 Å². The Hall–Kier alpha value is -0.500. The van der Waals surface area contributed by atoms with Crippen molar-refractivity contribution in [2.75, 3.05) is 7.11 Å². The Kier molecular flexibility index (Phi) is 3.29. The Morgan fingerprint density at radius 1 is 1.38 bits per heavy atom. The molecule has 0 amide bonds. The average Bonchev–Trinajstić information content (AvgIpc) is 3.05. The van der Waals surface area contributed by atoms with Gasteiger partial charge in [-0.05, 0) is 54.4 Å². The first-order valence-corrected chi connectivity index (χ1v) is 6.79. The molecule has 2 heteroatoms. The monoisotopic (exact) mass is 282 g/mol. The predicted molar refractivity (Wildman–Crippen MR) is 71.1 cm³/mol. The molecule has 16 heavy (non-hydrogen) atoms. The standard InChI is InChI=1S/C14H19BrO/c1-4-14(5-2)9-12(14)11-8-10(16-3)6-7-13(11)15/h6-8,12H,4-5,9H2,1-3H3/t12-/m0/s1. The number of halogens is 1. The van der Waals surface area contributed by atoms with E-state index in [1.807, 2.05) is 6.07 Å². The van der Waals surface area contributed by atoms with E-state index in [0.29, 0.717) is 11.3 Å². The SMILES string of the molecule is CCC1(CC)C[C@H]1c1cc(OC)ccc1Br. The number of ether oxygens (including phenoxy) is 1. The largest absolute Gasteiger partial charge is 0.497 e. The van der Waals surface area contributed by atoms with Crippen LogP contribution in [0.1, 0.15) is 44.6 Å². The maximum absolute atomic E-state index is 5.30. The Balaban J connectivity index is 2.29. The smallest absolute Gasteiger partial charge is 0.119 e. The van der Waals surface area contributed by atoms with Crippen LogP contribution in [-0.2, 0) is 0 Å². The van der Waals surface area contributed by atoms with Crippen LogP contribution in [0.2, 0.25) is 0 Å². The molecule has 0 heterocycles. The fourth-order valence-corrected chi connectivity index (χ4v) is 3.26. The van der Waals surface area contributed by atoms with Gasteiger partial charge < -0.3 is 4.74 Å². The zero-order valence-electron chi connectivity index (χ0n) is 10.2. The van der Waals surface area contributed by atoms with Gasteiger partial charge in [0.05, 0.1) is 7.11 Å². The second-order valence-corrected chi connectivity index (χ2v) is 5.57. The normalized spacial score (nSPS) is 21.9. The van der Waals surface area contributed by atoms with Crippen LogP contribution in [-0.4, -0.2) is 7.11 Å². The molecular weight excluding hydrogens is 264 g/mol. The van der Waals surface area contributed by atoms with Gasteiger partial charge >= 0.3 is 0 Å². The van der Waals surface area contributed by atoms with E-state index in [9.17, 15) is 0 Å². The summed E-state index contributed by atoms with van der Waals surface area (Å²) < 4.78 is 6.53. The highest BCUT2D eigenvalue weighted by atomic mass is 79.9. The van der Waals surface area contributed by atoms with Crippen molar-refractivity contribution in [3.8, 4) is 5.75 Å². The lowest BCUT2D eigenvalue weighted by Gasteiger charge is -2.14. The fourth-order valence-electron chi connectivity index (χ4n) is 2.73. The second kappa shape index (κ2) is 4.40. The molecule has 1 aromatic rings. The van der Waals surface area contributed by atoms with E-state index in [2.05, 4.69) is 41.9 Å². The van der Waals surface area contributed by atoms with Crippen molar-refractivity contribution in [3.63, 3.8) is 0 Å². The van der Waals surface area contributed by atoms with Gasteiger partial charge in [0.15, 0.2) is 0 Å². The summed E-state index contributed by atoms with van der Waals surface area (Å²) in [5.41, 5.74) is 1.97. The van der Waals surface area contributed by atoms with Gasteiger partial charge in [0, 0.05) is 4.47 Å². The quantitative estimate of drug-likeness (QED) is 0.774. The van der Waals surface area contributed by atoms with Crippen LogP contribution in [0, 0.1) is 5.41 Å². The third kappa shape index (κ3) is 1.88. The molecule has 1 aliphatic rings. The zero-order chi connectivity index (χ0) is 11.8. The minimum Gasteiger partial charge on any atom is -0.497 e. The molecule has 0 aliphatic heterocycles. The van der Waals surface area contributed by atoms with Gasteiger partial charge in [-0.1, -0.05) is 29.8 Å². The maximum Gasteiger partial charge on any atom is 0.119 e. The molecule has 1 aromatic carbocycles. The summed E-state index contributed by atoms with van der Waals surface area (Å²) in [7, 11) is 1.73. The van der Waals surface area contributed by atoms with Gasteiger partial charge in [0.25, 0.3) is 0 Å². The topological polar surface area (TPSA) is 9.23 Å². The molecule has 1 aliphatic carbocycles. The molecule has 0 saturated heterocycles. The molecule has 0 bridgehead atoms. The minimum atomic E-state index is 0.550. The van der Waals surface area contributed by atoms with E-state index >= 15 is 0 Å². The summed E-state index contributed by atoms with van der Waals surface area (Å²) in [6, 6.07) is 6.29. The highest BCUT2D eigenvalue weighted by molar-refractivity contribution is 9.10. The lowest BCUT2D eigenvalue weighted by molar-refractivity contribution is 0.413. The van der Waals surface area contributed by atoms with Crippen molar-refractivity contribution in [1.82, 2.24) is 0 Å². The van der Waals surface area contributed by atoms with E-state index < -0.39 is 0 Å². The number of methoxy groups -OCH3 is 1. The third-order valence-corrected chi connectivity index (χ3v) is 4.90. The number of rotatable bonds is 4. The molecule has 1 fully saturated rings. The van der Waals surface area contributed by atoms with Crippen LogP contribution in [0.25, 0.3) is 0 Å². The van der Waals surface area contributed by atoms with Gasteiger partial charge in [-0.2, -0.15) is 0 Å². The van der Waals surface area contributed by atoms with Crippen molar-refractivity contribution in [2.24, 2.45) is 5.41 Å². The molecule has 1 nitrogen and oxygen atoms in total. The van der Waals surface area contributed by atoms with Gasteiger partial charge in [-0.15, -0.1) is 0 Å². The van der Waals surface area contributed by atoms with Crippen LogP contribution in [0.4, 0.5) is 0 Å². The number of hydrogen-bond acceptors (Lipinski definition) is 1. The van der Waals surface area contributed by atoms with Crippen molar-refractivity contribution in [3.05, 3.63) is 28.2 Å². The summed E-state index contributed by atoms with van der Waals surface area (Å²) >= 11 is 3.65. The minimum absolute atomic E-state index is 0.550. The van der Waals surface area contributed by atoms with E-state index in [1.165, 1.54) is 29.3 Å². The van der Waals surface area contributed by atoms with Crippen LogP contribution in [0.3, 0.4) is 0 Å². The first-order chi connectivity index (χ1) is 7.66. The molecule has 0 aromatic heterocycles. The maximum atomic E-state index is 5.30. The van der Waals surface area contributed by atoms with E-state index in [4.69, 9.17) is 4.74 Å². The molecule has 0 N–H and O–H groups in total. The van der Waals surface area contributed by atoms with Crippen LogP contribution in [0.5, 0.6) is 5.75 Å². The Morgan fingerprint density at radius 3 is 2.56 bits per heavy atom. The van der Waals surface area contributed by atoms with Crippen LogP contribution in [0.15, 0.2) is 22.7 Å². The van der Waals surface area contributed by atoms with Crippen molar-refractivity contribution in [2.45, 2.75) is 39.0 Å². The molecule has 0 unspecified atom stereocenters. The van der Waals surface area contributed by atoms with Crippen molar-refractivity contribution in [1.29, 1.82) is 0 Å². The first kappa shape index (κ1) is 12.0. The fraction of sp³-hybridized carbons (Fsp3) is 0.571. The van der Waals surface area contributed by atoms with E-state index in [1.54, 1.807) is 7.11 Å². The van der Waals surface area contributed by atoms with Crippen molar-refractivity contribution >= 4 is 15.9 Å². The Morgan fingerprint density at radius 2 is 2.06 bits per heavy atom. The zero-order valence-corrected chi connectivity index (χ0v) is 11.8. The number of hydrogen-bond donors (Lipinski definition) is 0. The molecule has 2 rings (SSSR count). The first-order valence-electron chi connectivity index (χ1n) is 6.00. The van der Waals surface area contributed by atoms with Crippen LogP contribution >= 0.6 is 15.9 Å². The van der Waals surface area contributed by atoms with Gasteiger partial charge in [0.2, 0.25) is 0 Å². The Labute approximate surface area is 106 Å². The van der Waals surface area contributed by atoms with Gasteiger partial charge in [0.1, 0.15) is 5.75 Å². The highest BCUT2D eigenvalue weighted by Crippen LogP contribution is 2.64. The molecular formula is C14H19BrO. The molecule has 88 valence electrons. The van der Waals surface area contributed by atoms with Gasteiger partial charge in [-0.25, -0.2) is 0 Å². The van der Waals surface area contributed by atoms with Crippen molar-refractivity contribution < 1.29 is 4.74 Å². The lowest BCUT2D eigenvalue weighted by Crippen LogP contribution is -2.00. The summed E-state index contributed by atoms with van der Waals surface area (Å²) in [6.45, 7) is 4.61. The van der Waals surface area contributed by atoms with E-state index in [-0.39, 0.29) is 0 Å². The van der Waals surface area contributed by atoms with E-state index in [0.717, 1.165) is 5.75 Å². The number of benzene rings is 1. The summed E-state index contributed by atoms with van der Waals surface area (Å²) in [4.78, 5) is 0. The molecule has 0 spiro atoms. The molecule has 1 saturated carbocycles. The summed E-state index contributed by atoms with van der Waals surface area (Å²) in [5.74, 6) is 1.68. The highest BCUT2D eigenvalue weighted by Gasteiger charge is 2.52. The predicted octanol–water partition coefficient (Wildman–Crippen LogP) is 4.75. The molecule has 1 atom stereocenters. The Bertz CT molecular complexity index is 382. The second-order valence-electron chi connectivity index (χ2n) is 4.71. The third-order valence-electron chi connectivity index (χ3n) is 4.18.